The molecule has 2 atom stereocenters. The Kier molecular flexibility index (Phi) is 8.07. The minimum Gasteiger partial charge on any atom is -0.480 e. The number of thiol groups is 1. The summed E-state index contributed by atoms with van der Waals surface area (Å²) >= 11 is 5.34. The van der Waals surface area contributed by atoms with Crippen molar-refractivity contribution >= 4 is 58.5 Å². The second-order valence-corrected chi connectivity index (χ2v) is 9.08. The Hall–Kier alpha value is -3.65. The molecule has 1 aromatic carbocycles. The van der Waals surface area contributed by atoms with Gasteiger partial charge < -0.3 is 20.5 Å². The molecule has 0 radical (unpaired) electrons. The molecule has 1 saturated heterocycles. The molecule has 0 bridgehead atoms. The summed E-state index contributed by atoms with van der Waals surface area (Å²) in [6.07, 6.45) is -0.436. The summed E-state index contributed by atoms with van der Waals surface area (Å²) in [6, 6.07) is 7.65. The van der Waals surface area contributed by atoms with Crippen LogP contribution in [0.2, 0.25) is 0 Å². The van der Waals surface area contributed by atoms with Crippen molar-refractivity contribution in [2.75, 3.05) is 18.4 Å². The van der Waals surface area contributed by atoms with Gasteiger partial charge in [0.1, 0.15) is 19.2 Å². The highest BCUT2D eigenvalue weighted by Gasteiger charge is 2.39. The predicted octanol–water partition coefficient (Wildman–Crippen LogP) is 2.12. The molecule has 3 amide bonds. The van der Waals surface area contributed by atoms with E-state index < -0.39 is 41.4 Å². The van der Waals surface area contributed by atoms with Crippen molar-refractivity contribution in [3.05, 3.63) is 57.0 Å². The first-order valence-electron chi connectivity index (χ1n) is 9.89. The lowest BCUT2D eigenvalue weighted by Gasteiger charge is -2.23. The largest absolute Gasteiger partial charge is 0.480 e. The molecule has 2 aromatic rings. The molecule has 34 heavy (non-hydrogen) atoms. The third-order valence-electron chi connectivity index (χ3n) is 4.80. The van der Waals surface area contributed by atoms with E-state index in [-0.39, 0.29) is 29.0 Å². The number of carboxylic acid groups (broad SMARTS) is 1. The number of nitro benzene ring substituents is 1. The molecule has 0 spiro atoms. The summed E-state index contributed by atoms with van der Waals surface area (Å²) in [5, 5.41) is 24.4. The third-order valence-corrected chi connectivity index (χ3v) is 6.18. The normalized spacial score (nSPS) is 17.1. The van der Waals surface area contributed by atoms with Crippen LogP contribution in [0.4, 0.5) is 15.5 Å². The van der Waals surface area contributed by atoms with Gasteiger partial charge in [-0.25, -0.2) is 4.79 Å². The number of benzene rings is 1. The fourth-order valence-corrected chi connectivity index (χ4v) is 4.38. The first kappa shape index (κ1) is 25.0. The van der Waals surface area contributed by atoms with Crippen molar-refractivity contribution in [3.63, 3.8) is 0 Å². The number of thiophene rings is 1. The summed E-state index contributed by atoms with van der Waals surface area (Å²) in [5.41, 5.74) is 0.467. The smallest absolute Gasteiger partial charge is 0.410 e. The van der Waals surface area contributed by atoms with Crippen LogP contribution < -0.4 is 10.6 Å². The number of ether oxygens (including phenoxy) is 1. The molecule has 1 aromatic heterocycles. The average molecular weight is 509 g/mol. The molecule has 180 valence electrons. The Balaban J connectivity index is 1.58. The second kappa shape index (κ2) is 11.0. The zero-order valence-electron chi connectivity index (χ0n) is 17.5. The standard InChI is InChI=1S/C20H20N4O8S2/c25-17(26)8-21-19(28)15-5-6-16(34-15)22-18(27)14-7-13(33)9-23(14)20(29)32-10-11-1-3-12(4-2-11)24(30)31/h1-6,13-14,33H,7-10H2,(H,21,28)(H,22,27)(H,25,26)/t13-,14-/m0/s1. The van der Waals surface area contributed by atoms with Crippen molar-refractivity contribution < 1.29 is 33.9 Å². The molecule has 1 aliphatic rings. The number of rotatable bonds is 8. The van der Waals surface area contributed by atoms with Crippen LogP contribution in [0.5, 0.6) is 0 Å². The van der Waals surface area contributed by atoms with Crippen LogP contribution in [-0.2, 0) is 20.9 Å². The number of nitrogens with one attached hydrogen (secondary N) is 2. The summed E-state index contributed by atoms with van der Waals surface area (Å²) < 4.78 is 5.28. The minimum atomic E-state index is -1.18. The molecule has 3 rings (SSSR count). The molecule has 12 nitrogen and oxygen atoms in total. The Morgan fingerprint density at radius 2 is 1.91 bits per heavy atom. The van der Waals surface area contributed by atoms with Crippen LogP contribution in [0.25, 0.3) is 0 Å². The molecule has 2 heterocycles. The molecule has 0 aliphatic carbocycles. The molecular weight excluding hydrogens is 488 g/mol. The van der Waals surface area contributed by atoms with Gasteiger partial charge in [-0.05, 0) is 36.2 Å². The molecule has 0 unspecified atom stereocenters. The van der Waals surface area contributed by atoms with Gasteiger partial charge in [-0.3, -0.25) is 29.4 Å². The SMILES string of the molecule is O=C(O)CNC(=O)c1ccc(NC(=O)[C@@H]2C[C@H](S)CN2C(=O)OCc2ccc([N+](=O)[O-])cc2)s1. The Bertz CT molecular complexity index is 1100. The van der Waals surface area contributed by atoms with Gasteiger partial charge in [0, 0.05) is 23.9 Å². The van der Waals surface area contributed by atoms with Gasteiger partial charge >= 0.3 is 12.1 Å². The van der Waals surface area contributed by atoms with E-state index in [2.05, 4.69) is 23.3 Å². The van der Waals surface area contributed by atoms with Crippen molar-refractivity contribution in [2.24, 2.45) is 0 Å². The summed E-state index contributed by atoms with van der Waals surface area (Å²) in [6.45, 7) is -0.465. The molecular formula is C20H20N4O8S2. The number of carbonyl (C=O) groups is 4. The van der Waals surface area contributed by atoms with E-state index in [1.54, 1.807) is 0 Å². The molecule has 0 saturated carbocycles. The summed E-state index contributed by atoms with van der Waals surface area (Å²) in [7, 11) is 0. The van der Waals surface area contributed by atoms with Gasteiger partial charge in [-0.2, -0.15) is 12.6 Å². The first-order chi connectivity index (χ1) is 16.1. The third kappa shape index (κ3) is 6.45. The number of likely N-dealkylation sites (tertiary alicyclic amines) is 1. The fourth-order valence-electron chi connectivity index (χ4n) is 3.18. The van der Waals surface area contributed by atoms with Gasteiger partial charge in [-0.15, -0.1) is 11.3 Å². The second-order valence-electron chi connectivity index (χ2n) is 7.27. The van der Waals surface area contributed by atoms with Crippen LogP contribution >= 0.6 is 24.0 Å². The molecule has 1 aliphatic heterocycles. The number of hydrogen-bond donors (Lipinski definition) is 4. The lowest BCUT2D eigenvalue weighted by molar-refractivity contribution is -0.384. The maximum atomic E-state index is 12.8. The number of hydrogen-bond acceptors (Lipinski definition) is 9. The van der Waals surface area contributed by atoms with Crippen molar-refractivity contribution in [1.82, 2.24) is 10.2 Å². The fraction of sp³-hybridized carbons (Fsp3) is 0.300. The number of carbonyl (C=O) groups excluding carboxylic acids is 3. The number of aliphatic carboxylic acids is 1. The number of anilines is 1. The van der Waals surface area contributed by atoms with E-state index in [9.17, 15) is 29.3 Å². The lowest BCUT2D eigenvalue weighted by atomic mass is 10.2. The van der Waals surface area contributed by atoms with Gasteiger partial charge in [0.15, 0.2) is 0 Å². The van der Waals surface area contributed by atoms with Crippen molar-refractivity contribution in [2.45, 2.75) is 24.3 Å². The van der Waals surface area contributed by atoms with Crippen LogP contribution in [0.1, 0.15) is 21.7 Å². The first-order valence-corrected chi connectivity index (χ1v) is 11.2. The number of nitro groups is 1. The van der Waals surface area contributed by atoms with E-state index in [1.807, 2.05) is 0 Å². The van der Waals surface area contributed by atoms with Crippen LogP contribution in [0, 0.1) is 10.1 Å². The molecule has 3 N–H and O–H groups in total. The monoisotopic (exact) mass is 508 g/mol. The predicted molar refractivity (Wildman–Crippen MR) is 124 cm³/mol. The van der Waals surface area contributed by atoms with Crippen LogP contribution in [-0.4, -0.2) is 63.2 Å². The van der Waals surface area contributed by atoms with E-state index in [0.29, 0.717) is 17.0 Å². The van der Waals surface area contributed by atoms with E-state index in [4.69, 9.17) is 9.84 Å². The average Bonchev–Trinajstić information content (AvgIpc) is 3.42. The van der Waals surface area contributed by atoms with E-state index in [1.165, 1.54) is 41.3 Å². The van der Waals surface area contributed by atoms with Crippen LogP contribution in [0.15, 0.2) is 36.4 Å². The van der Waals surface area contributed by atoms with Gasteiger partial charge in [0.2, 0.25) is 5.91 Å². The zero-order chi connectivity index (χ0) is 24.8. The highest BCUT2D eigenvalue weighted by Crippen LogP contribution is 2.27. The quantitative estimate of drug-likeness (QED) is 0.239. The minimum absolute atomic E-state index is 0.0830. The highest BCUT2D eigenvalue weighted by molar-refractivity contribution is 7.81. The van der Waals surface area contributed by atoms with E-state index in [0.717, 1.165) is 11.3 Å². The van der Waals surface area contributed by atoms with Gasteiger partial charge in [-0.1, -0.05) is 0 Å². The van der Waals surface area contributed by atoms with Crippen LogP contribution in [0.3, 0.4) is 0 Å². The Morgan fingerprint density at radius 1 is 1.21 bits per heavy atom. The maximum Gasteiger partial charge on any atom is 0.410 e. The number of nitrogens with zero attached hydrogens (tertiary/aromatic N) is 2. The molecule has 1 fully saturated rings. The Labute approximate surface area is 202 Å². The molecule has 14 heteroatoms. The number of non-ortho nitro benzene ring substituents is 1. The summed E-state index contributed by atoms with van der Waals surface area (Å²) in [4.78, 5) is 59.6. The van der Waals surface area contributed by atoms with Crippen molar-refractivity contribution in [3.8, 4) is 0 Å². The van der Waals surface area contributed by atoms with Crippen molar-refractivity contribution in [1.29, 1.82) is 0 Å². The highest BCUT2D eigenvalue weighted by atomic mass is 32.1. The maximum absolute atomic E-state index is 12.8. The zero-order valence-corrected chi connectivity index (χ0v) is 19.2. The van der Waals surface area contributed by atoms with Gasteiger partial charge in [0.25, 0.3) is 11.6 Å². The number of carboxylic acids is 1. The topological polar surface area (TPSA) is 168 Å². The Morgan fingerprint density at radius 3 is 2.56 bits per heavy atom. The number of amides is 3. The summed E-state index contributed by atoms with van der Waals surface area (Å²) in [5.74, 6) is -2.25. The van der Waals surface area contributed by atoms with E-state index >= 15 is 0 Å². The van der Waals surface area contributed by atoms with Gasteiger partial charge in [0.05, 0.1) is 14.8 Å². The lowest BCUT2D eigenvalue weighted by Crippen LogP contribution is -2.43.